The van der Waals surface area contributed by atoms with Gasteiger partial charge in [-0.2, -0.15) is 5.01 Å². The van der Waals surface area contributed by atoms with Crippen molar-refractivity contribution < 1.29 is 33.9 Å². The maximum Gasteiger partial charge on any atom is 0.271 e. The largest absolute Gasteiger partial charge is 0.507 e. The Balaban J connectivity index is 1.27. The van der Waals surface area contributed by atoms with Gasteiger partial charge in [-0.05, 0) is 77.7 Å². The van der Waals surface area contributed by atoms with Gasteiger partial charge < -0.3 is 9.84 Å². The van der Waals surface area contributed by atoms with E-state index in [1.165, 1.54) is 37.4 Å². The number of phenols is 1. The van der Waals surface area contributed by atoms with Crippen LogP contribution in [0.3, 0.4) is 0 Å². The highest BCUT2D eigenvalue weighted by atomic mass is 35.5. The van der Waals surface area contributed by atoms with Crippen molar-refractivity contribution in [1.82, 2.24) is 5.01 Å². The first-order valence-corrected chi connectivity index (χ1v) is 19.0. The van der Waals surface area contributed by atoms with Crippen LogP contribution in [0.25, 0.3) is 10.8 Å². The number of allylic oxidation sites excluding steroid dienone is 2. The molecule has 1 saturated carbocycles. The summed E-state index contributed by atoms with van der Waals surface area (Å²) in [5, 5.41) is 25.4. The number of ether oxygens (including phenoxy) is 1. The Kier molecular flexibility index (Phi) is 8.59. The predicted octanol–water partition coefficient (Wildman–Crippen LogP) is 7.96. The highest BCUT2D eigenvalue weighted by molar-refractivity contribution is 6.36. The first-order chi connectivity index (χ1) is 27.4. The third-order valence-corrected chi connectivity index (χ3v) is 12.7. The predicted molar refractivity (Wildman–Crippen MR) is 212 cm³/mol. The topological polar surface area (TPSA) is 159 Å². The van der Waals surface area contributed by atoms with Crippen molar-refractivity contribution in [2.75, 3.05) is 17.4 Å². The summed E-state index contributed by atoms with van der Waals surface area (Å²) in [5.41, 5.74) is 3.31. The van der Waals surface area contributed by atoms with Crippen LogP contribution >= 0.6 is 23.2 Å². The number of aromatic hydroxyl groups is 1. The Morgan fingerprint density at radius 3 is 2.33 bits per heavy atom. The number of nitrogens with zero attached hydrogens (tertiary/aromatic N) is 3. The molecule has 0 unspecified atom stereocenters. The summed E-state index contributed by atoms with van der Waals surface area (Å²) < 4.78 is 5.49. The van der Waals surface area contributed by atoms with Crippen LogP contribution in [-0.2, 0) is 24.6 Å². The Morgan fingerprint density at radius 2 is 1.61 bits per heavy atom. The second-order valence-corrected chi connectivity index (χ2v) is 15.6. The molecule has 0 aromatic heterocycles. The third-order valence-electron chi connectivity index (χ3n) is 12.1. The van der Waals surface area contributed by atoms with Crippen LogP contribution in [-0.4, -0.2) is 45.8 Å². The van der Waals surface area contributed by atoms with Crippen LogP contribution < -0.4 is 15.1 Å². The molecule has 0 bridgehead atoms. The van der Waals surface area contributed by atoms with Crippen LogP contribution in [0, 0.1) is 33.8 Å². The molecule has 286 valence electrons. The van der Waals surface area contributed by atoms with Crippen LogP contribution in [0.5, 0.6) is 11.5 Å². The number of imide groups is 2. The van der Waals surface area contributed by atoms with E-state index in [-0.39, 0.29) is 40.7 Å². The normalized spacial score (nSPS) is 25.2. The average Bonchev–Trinajstić information content (AvgIpc) is 3.60. The summed E-state index contributed by atoms with van der Waals surface area (Å²) in [6.45, 7) is 0. The number of hydrazine groups is 1. The van der Waals surface area contributed by atoms with Crippen molar-refractivity contribution in [3.8, 4) is 11.5 Å². The van der Waals surface area contributed by atoms with Crippen LogP contribution in [0.15, 0.2) is 115 Å². The van der Waals surface area contributed by atoms with Crippen molar-refractivity contribution in [2.24, 2.45) is 23.7 Å². The number of halogens is 2. The zero-order valence-electron chi connectivity index (χ0n) is 30.1. The van der Waals surface area contributed by atoms with Gasteiger partial charge in [0.05, 0.1) is 51.6 Å². The molecule has 9 rings (SSSR count). The summed E-state index contributed by atoms with van der Waals surface area (Å²) in [6, 6.07) is 27.6. The number of methoxy groups -OCH3 is 1. The SMILES string of the molecule is COc1ccc([C@@]23C(=O)N(Nc4ccc(Cl)cc4Cl)C(=O)[C@@H]2C[C@@H]2C(=CC[C@@H]4C(=O)N(c5cccc([N+](=O)[O-])c5)C(=O)[C@@H]42)[C@@H]3c2ccc(O)c3ccccc23)cc1. The van der Waals surface area contributed by atoms with Crippen molar-refractivity contribution >= 4 is 74.7 Å². The highest BCUT2D eigenvalue weighted by Crippen LogP contribution is 2.65. The minimum absolute atomic E-state index is 0.0183. The molecule has 14 heteroatoms. The van der Waals surface area contributed by atoms with E-state index >= 15 is 9.59 Å². The fraction of sp³-hybridized carbons (Fsp3) is 0.209. The maximum atomic E-state index is 15.6. The number of anilines is 2. The van der Waals surface area contributed by atoms with E-state index in [0.29, 0.717) is 38.2 Å². The second-order valence-electron chi connectivity index (χ2n) is 14.7. The summed E-state index contributed by atoms with van der Waals surface area (Å²) in [4.78, 5) is 71.7. The van der Waals surface area contributed by atoms with Crippen LogP contribution in [0.2, 0.25) is 10.0 Å². The summed E-state index contributed by atoms with van der Waals surface area (Å²) in [7, 11) is 1.53. The van der Waals surface area contributed by atoms with E-state index in [2.05, 4.69) is 5.43 Å². The van der Waals surface area contributed by atoms with Crippen LogP contribution in [0.4, 0.5) is 17.1 Å². The molecule has 0 radical (unpaired) electrons. The molecule has 0 spiro atoms. The van der Waals surface area contributed by atoms with Gasteiger partial charge in [0.25, 0.3) is 17.5 Å². The number of nitro groups is 1. The molecule has 57 heavy (non-hydrogen) atoms. The molecule has 5 aromatic carbocycles. The molecule has 12 nitrogen and oxygen atoms in total. The Labute approximate surface area is 335 Å². The minimum Gasteiger partial charge on any atom is -0.507 e. The molecular formula is C43H32Cl2N4O8. The lowest BCUT2D eigenvalue weighted by Crippen LogP contribution is -2.53. The fourth-order valence-electron chi connectivity index (χ4n) is 9.75. The quantitative estimate of drug-likeness (QED) is 0.0721. The molecule has 4 amide bonds. The number of rotatable bonds is 7. The summed E-state index contributed by atoms with van der Waals surface area (Å²) in [5.74, 6) is -6.03. The molecule has 6 atom stereocenters. The zero-order chi connectivity index (χ0) is 39.9. The lowest BCUT2D eigenvalue weighted by molar-refractivity contribution is -0.384. The van der Waals surface area contributed by atoms with E-state index in [0.717, 1.165) is 9.91 Å². The smallest absolute Gasteiger partial charge is 0.271 e. The number of non-ortho nitro benzene ring substituents is 1. The second kappa shape index (κ2) is 13.5. The third kappa shape index (κ3) is 5.34. The molecule has 2 saturated heterocycles. The Morgan fingerprint density at radius 1 is 0.860 bits per heavy atom. The van der Waals surface area contributed by atoms with Gasteiger partial charge in [-0.15, -0.1) is 0 Å². The number of amides is 4. The number of nitro benzene ring substituents is 1. The number of carbonyl (C=O) groups is 4. The average molecular weight is 804 g/mol. The summed E-state index contributed by atoms with van der Waals surface area (Å²) >= 11 is 12.8. The van der Waals surface area contributed by atoms with Crippen molar-refractivity contribution in [2.45, 2.75) is 24.2 Å². The first kappa shape index (κ1) is 36.4. The monoisotopic (exact) mass is 802 g/mol. The van der Waals surface area contributed by atoms with E-state index in [9.17, 15) is 24.8 Å². The molecule has 2 N–H and O–H groups in total. The van der Waals surface area contributed by atoms with Gasteiger partial charge in [0.1, 0.15) is 11.5 Å². The summed E-state index contributed by atoms with van der Waals surface area (Å²) in [6.07, 6.45) is 2.09. The standard InChI is InChI=1S/C43H32Cl2N4O8/c1-57-26-12-9-22(10-13-26)43-33(40(52)48(42(43)54)46-35-17-11-23(44)19-34(35)45)21-32-30(38(43)29-16-18-36(50)28-8-3-2-7-27(28)29)14-15-31-37(32)41(53)47(39(31)51)24-5-4-6-25(20-24)49(55)56/h2-14,16-20,31-33,37-38,46,50H,15,21H2,1H3/t31-,32+,33-,37-,38-,43+/m0/s1. The molecule has 5 aromatic rings. The van der Waals surface area contributed by atoms with Gasteiger partial charge in [0.15, 0.2) is 0 Å². The van der Waals surface area contributed by atoms with Crippen molar-refractivity contribution in [3.63, 3.8) is 0 Å². The van der Waals surface area contributed by atoms with Crippen molar-refractivity contribution in [1.29, 1.82) is 0 Å². The minimum atomic E-state index is -1.62. The van der Waals surface area contributed by atoms with E-state index < -0.39 is 63.6 Å². The lowest BCUT2D eigenvalue weighted by Gasteiger charge is -2.51. The van der Waals surface area contributed by atoms with Crippen LogP contribution in [0.1, 0.15) is 29.9 Å². The Hall–Kier alpha value is -6.24. The first-order valence-electron chi connectivity index (χ1n) is 18.2. The Bertz CT molecular complexity index is 2610. The molecule has 4 aliphatic rings. The van der Waals surface area contributed by atoms with E-state index in [1.807, 2.05) is 18.2 Å². The molecule has 3 fully saturated rings. The highest BCUT2D eigenvalue weighted by Gasteiger charge is 2.70. The number of nitrogens with one attached hydrogen (secondary N) is 1. The van der Waals surface area contributed by atoms with Gasteiger partial charge >= 0.3 is 0 Å². The number of phenolic OH excluding ortho intramolecular Hbond substituents is 1. The molecule has 2 aliphatic heterocycles. The van der Waals surface area contributed by atoms with Gasteiger partial charge in [0.2, 0.25) is 11.8 Å². The number of benzene rings is 5. The number of fused-ring (bicyclic) bond motifs is 5. The van der Waals surface area contributed by atoms with Gasteiger partial charge in [-0.25, -0.2) is 4.90 Å². The van der Waals surface area contributed by atoms with Gasteiger partial charge in [-0.3, -0.25) is 34.7 Å². The van der Waals surface area contributed by atoms with Gasteiger partial charge in [0, 0.05) is 28.5 Å². The molecule has 2 heterocycles. The number of hydrogen-bond donors (Lipinski definition) is 2. The molecular weight excluding hydrogens is 771 g/mol. The number of carbonyl (C=O) groups excluding carboxylic acids is 4. The maximum absolute atomic E-state index is 15.6. The zero-order valence-corrected chi connectivity index (χ0v) is 31.6. The molecule has 2 aliphatic carbocycles. The fourth-order valence-corrected chi connectivity index (χ4v) is 10.2. The van der Waals surface area contributed by atoms with E-state index in [1.54, 1.807) is 60.7 Å². The van der Waals surface area contributed by atoms with Crippen molar-refractivity contribution in [3.05, 3.63) is 146 Å². The lowest BCUT2D eigenvalue weighted by atomic mass is 9.49. The van der Waals surface area contributed by atoms with E-state index in [4.69, 9.17) is 27.9 Å². The number of hydrogen-bond acceptors (Lipinski definition) is 9. The van der Waals surface area contributed by atoms with Gasteiger partial charge in [-0.1, -0.05) is 83.4 Å².